The molecule has 0 aliphatic rings. The van der Waals surface area contributed by atoms with E-state index < -0.39 is 0 Å². The van der Waals surface area contributed by atoms with Crippen LogP contribution in [0.5, 0.6) is 5.75 Å². The molecule has 0 saturated heterocycles. The third-order valence-electron chi connectivity index (χ3n) is 2.90. The SMILES string of the molecule is C=C(C)c1cc(C(C)(C)C)cc(C(=C)C)c1O. The van der Waals surface area contributed by atoms with Crippen LogP contribution in [-0.4, -0.2) is 5.11 Å². The van der Waals surface area contributed by atoms with Crippen LogP contribution in [0, 0.1) is 0 Å². The molecule has 0 atom stereocenters. The molecule has 1 aromatic carbocycles. The average Bonchev–Trinajstić information content (AvgIpc) is 2.14. The minimum atomic E-state index is 0.0438. The maximum atomic E-state index is 10.2. The Morgan fingerprint density at radius 1 is 1.00 bits per heavy atom. The fourth-order valence-electron chi connectivity index (χ4n) is 1.72. The highest BCUT2D eigenvalue weighted by Crippen LogP contribution is 2.36. The molecule has 17 heavy (non-hydrogen) atoms. The largest absolute Gasteiger partial charge is 0.507 e. The van der Waals surface area contributed by atoms with Gasteiger partial charge >= 0.3 is 0 Å². The van der Waals surface area contributed by atoms with Gasteiger partial charge in [-0.1, -0.05) is 33.9 Å². The van der Waals surface area contributed by atoms with Gasteiger partial charge in [0.1, 0.15) is 5.75 Å². The van der Waals surface area contributed by atoms with Gasteiger partial charge in [-0.05, 0) is 48.1 Å². The molecule has 0 heterocycles. The fraction of sp³-hybridized carbons (Fsp3) is 0.375. The summed E-state index contributed by atoms with van der Waals surface area (Å²) in [5.74, 6) is 0.290. The van der Waals surface area contributed by atoms with Crippen molar-refractivity contribution < 1.29 is 5.11 Å². The number of aromatic hydroxyl groups is 1. The van der Waals surface area contributed by atoms with E-state index in [1.165, 1.54) is 5.56 Å². The van der Waals surface area contributed by atoms with E-state index in [4.69, 9.17) is 0 Å². The van der Waals surface area contributed by atoms with Crippen LogP contribution in [0.1, 0.15) is 51.3 Å². The van der Waals surface area contributed by atoms with E-state index in [-0.39, 0.29) is 11.2 Å². The van der Waals surface area contributed by atoms with Crippen molar-refractivity contribution in [2.45, 2.75) is 40.0 Å². The summed E-state index contributed by atoms with van der Waals surface area (Å²) in [4.78, 5) is 0. The lowest BCUT2D eigenvalue weighted by Gasteiger charge is -2.22. The number of hydrogen-bond donors (Lipinski definition) is 1. The Labute approximate surface area is 104 Å². The standard InChI is InChI=1S/C16H22O/c1-10(2)13-8-12(16(5,6)7)9-14(11(3)4)15(13)17/h8-9,17H,1,3H2,2,4-7H3. The van der Waals surface area contributed by atoms with Gasteiger partial charge in [0.15, 0.2) is 0 Å². The molecule has 0 aromatic heterocycles. The molecule has 0 fully saturated rings. The maximum absolute atomic E-state index is 10.2. The van der Waals surface area contributed by atoms with Crippen LogP contribution in [0.15, 0.2) is 25.3 Å². The van der Waals surface area contributed by atoms with Crippen molar-refractivity contribution >= 4 is 11.1 Å². The van der Waals surface area contributed by atoms with Crippen LogP contribution in [0.25, 0.3) is 11.1 Å². The second-order valence-corrected chi connectivity index (χ2v) is 5.73. The van der Waals surface area contributed by atoms with Crippen LogP contribution in [0.2, 0.25) is 0 Å². The van der Waals surface area contributed by atoms with Crippen molar-refractivity contribution in [1.29, 1.82) is 0 Å². The predicted octanol–water partition coefficient (Wildman–Crippen LogP) is 4.76. The second kappa shape index (κ2) is 4.40. The first-order valence-corrected chi connectivity index (χ1v) is 5.84. The van der Waals surface area contributed by atoms with E-state index >= 15 is 0 Å². The van der Waals surface area contributed by atoms with E-state index in [2.05, 4.69) is 33.9 Å². The average molecular weight is 230 g/mol. The van der Waals surface area contributed by atoms with Gasteiger partial charge in [-0.3, -0.25) is 0 Å². The van der Waals surface area contributed by atoms with Crippen LogP contribution >= 0.6 is 0 Å². The molecular weight excluding hydrogens is 208 g/mol. The molecule has 1 heteroatoms. The summed E-state index contributed by atoms with van der Waals surface area (Å²) in [5.41, 5.74) is 4.60. The first kappa shape index (κ1) is 13.6. The number of hydrogen-bond acceptors (Lipinski definition) is 1. The zero-order chi connectivity index (χ0) is 13.4. The zero-order valence-corrected chi connectivity index (χ0v) is 11.5. The monoisotopic (exact) mass is 230 g/mol. The first-order valence-electron chi connectivity index (χ1n) is 5.84. The maximum Gasteiger partial charge on any atom is 0.130 e. The van der Waals surface area contributed by atoms with E-state index in [1.807, 2.05) is 26.0 Å². The molecule has 0 bridgehead atoms. The lowest BCUT2D eigenvalue weighted by molar-refractivity contribution is 0.470. The van der Waals surface area contributed by atoms with Gasteiger partial charge in [-0.15, -0.1) is 0 Å². The van der Waals surface area contributed by atoms with Gasteiger partial charge in [-0.25, -0.2) is 0 Å². The minimum absolute atomic E-state index is 0.0438. The van der Waals surface area contributed by atoms with E-state index in [9.17, 15) is 5.11 Å². The molecule has 0 aliphatic heterocycles. The van der Waals surface area contributed by atoms with Crippen LogP contribution in [0.3, 0.4) is 0 Å². The first-order chi connectivity index (χ1) is 7.64. The third-order valence-corrected chi connectivity index (χ3v) is 2.90. The van der Waals surface area contributed by atoms with E-state index in [0.717, 1.165) is 22.3 Å². The van der Waals surface area contributed by atoms with Crippen molar-refractivity contribution in [3.8, 4) is 5.75 Å². The number of rotatable bonds is 2. The number of benzene rings is 1. The minimum Gasteiger partial charge on any atom is -0.507 e. The summed E-state index contributed by atoms with van der Waals surface area (Å²) in [6.45, 7) is 18.1. The Morgan fingerprint density at radius 3 is 1.59 bits per heavy atom. The molecule has 0 unspecified atom stereocenters. The summed E-state index contributed by atoms with van der Waals surface area (Å²) >= 11 is 0. The molecule has 1 rings (SSSR count). The van der Waals surface area contributed by atoms with E-state index in [0.29, 0.717) is 0 Å². The van der Waals surface area contributed by atoms with Crippen molar-refractivity contribution in [2.75, 3.05) is 0 Å². The summed E-state index contributed by atoms with van der Waals surface area (Å²) in [6.07, 6.45) is 0. The number of phenolic OH excluding ortho intramolecular Hbond substituents is 1. The van der Waals surface area contributed by atoms with Gasteiger partial charge in [0.05, 0.1) is 0 Å². The van der Waals surface area contributed by atoms with Crippen molar-refractivity contribution in [3.05, 3.63) is 42.0 Å². The van der Waals surface area contributed by atoms with Crippen molar-refractivity contribution in [3.63, 3.8) is 0 Å². The Morgan fingerprint density at radius 2 is 1.35 bits per heavy atom. The lowest BCUT2D eigenvalue weighted by Crippen LogP contribution is -2.12. The summed E-state index contributed by atoms with van der Waals surface area (Å²) in [5, 5.41) is 10.2. The smallest absolute Gasteiger partial charge is 0.130 e. The highest BCUT2D eigenvalue weighted by atomic mass is 16.3. The normalized spacial score (nSPS) is 11.4. The van der Waals surface area contributed by atoms with Crippen LogP contribution in [-0.2, 0) is 5.41 Å². The number of allylic oxidation sites excluding steroid dienone is 2. The molecule has 1 aromatic rings. The Balaban J connectivity index is 3.59. The molecule has 1 nitrogen and oxygen atoms in total. The predicted molar refractivity (Wildman–Crippen MR) is 76.2 cm³/mol. The highest BCUT2D eigenvalue weighted by Gasteiger charge is 2.19. The van der Waals surface area contributed by atoms with Gasteiger partial charge in [0, 0.05) is 11.1 Å². The van der Waals surface area contributed by atoms with E-state index in [1.54, 1.807) is 0 Å². The fourth-order valence-corrected chi connectivity index (χ4v) is 1.72. The van der Waals surface area contributed by atoms with Crippen LogP contribution < -0.4 is 0 Å². The Hall–Kier alpha value is -1.50. The lowest BCUT2D eigenvalue weighted by atomic mass is 9.83. The molecule has 0 spiro atoms. The molecule has 1 N–H and O–H groups in total. The van der Waals surface area contributed by atoms with Gasteiger partial charge in [-0.2, -0.15) is 0 Å². The third kappa shape index (κ3) is 2.79. The van der Waals surface area contributed by atoms with Gasteiger partial charge < -0.3 is 5.11 Å². The quantitative estimate of drug-likeness (QED) is 0.777. The van der Waals surface area contributed by atoms with Crippen LogP contribution in [0.4, 0.5) is 0 Å². The summed E-state index contributed by atoms with van der Waals surface area (Å²) in [7, 11) is 0. The molecule has 92 valence electrons. The Kier molecular flexibility index (Phi) is 3.51. The molecular formula is C16H22O. The topological polar surface area (TPSA) is 20.2 Å². The van der Waals surface area contributed by atoms with Crippen molar-refractivity contribution in [1.82, 2.24) is 0 Å². The second-order valence-electron chi connectivity index (χ2n) is 5.73. The molecule has 0 amide bonds. The van der Waals surface area contributed by atoms with Crippen molar-refractivity contribution in [2.24, 2.45) is 0 Å². The van der Waals surface area contributed by atoms with Gasteiger partial charge in [0.2, 0.25) is 0 Å². The molecule has 0 saturated carbocycles. The number of phenols is 1. The Bertz CT molecular complexity index is 438. The van der Waals surface area contributed by atoms with Gasteiger partial charge in [0.25, 0.3) is 0 Å². The summed E-state index contributed by atoms with van der Waals surface area (Å²) in [6, 6.07) is 4.04. The highest BCUT2D eigenvalue weighted by molar-refractivity contribution is 5.77. The zero-order valence-electron chi connectivity index (χ0n) is 11.5. The molecule has 0 radical (unpaired) electrons. The summed E-state index contributed by atoms with van der Waals surface area (Å²) < 4.78 is 0. The molecule has 0 aliphatic carbocycles.